The number of piperazine rings is 1. The van der Waals surface area contributed by atoms with Crippen LogP contribution in [0.3, 0.4) is 0 Å². The van der Waals surface area contributed by atoms with Crippen molar-refractivity contribution >= 4 is 0 Å². The molecule has 2 heterocycles. The van der Waals surface area contributed by atoms with E-state index in [2.05, 4.69) is 59.7 Å². The lowest BCUT2D eigenvalue weighted by Gasteiger charge is -2.34. The van der Waals surface area contributed by atoms with Gasteiger partial charge in [-0.15, -0.1) is 5.10 Å². The molecular weight excluding hydrogens is 340 g/mol. The van der Waals surface area contributed by atoms with E-state index in [1.54, 1.807) is 16.9 Å². The number of ether oxygens (including phenoxy) is 1. The molecule has 1 aliphatic heterocycles. The van der Waals surface area contributed by atoms with Crippen molar-refractivity contribution in [2.24, 2.45) is 5.92 Å². The van der Waals surface area contributed by atoms with Crippen LogP contribution in [0.1, 0.15) is 37.7 Å². The Morgan fingerprint density at radius 2 is 1.85 bits per heavy atom. The van der Waals surface area contributed by atoms with Gasteiger partial charge in [-0.25, -0.2) is 4.68 Å². The molecular formula is C20H34N6O+2. The average Bonchev–Trinajstić information content (AvgIpc) is 3.14. The fraction of sp³-hybridized carbons (Fsp3) is 0.650. The van der Waals surface area contributed by atoms with E-state index in [9.17, 15) is 0 Å². The normalized spacial score (nSPS) is 21.5. The number of nitrogens with one attached hydrogen (secondary N) is 2. The van der Waals surface area contributed by atoms with Crippen molar-refractivity contribution in [1.29, 1.82) is 0 Å². The van der Waals surface area contributed by atoms with Gasteiger partial charge >= 0.3 is 0 Å². The zero-order chi connectivity index (χ0) is 19.1. The Morgan fingerprint density at radius 1 is 1.11 bits per heavy atom. The molecule has 0 radical (unpaired) electrons. The summed E-state index contributed by atoms with van der Waals surface area (Å²) in [5, 5.41) is 12.6. The number of methoxy groups -OCH3 is 1. The first-order valence-corrected chi connectivity index (χ1v) is 10.1. The van der Waals surface area contributed by atoms with E-state index < -0.39 is 0 Å². The molecule has 1 aromatic carbocycles. The highest BCUT2D eigenvalue weighted by Gasteiger charge is 2.34. The van der Waals surface area contributed by atoms with Crippen LogP contribution in [0.5, 0.6) is 0 Å². The standard InChI is InChI=1S/C20H32N6O/c1-17(2)15-19(20-21-22-23-26(20)13-14-27-3)25-11-9-24(10-12-25)16-18-7-5-4-6-8-18/h4-8,17,19H,9-16H2,1-3H3/p+2/t19-/m1/s1. The lowest BCUT2D eigenvalue weighted by atomic mass is 10.0. The number of aromatic nitrogens is 4. The van der Waals surface area contributed by atoms with Crippen LogP contribution in [-0.2, 0) is 17.8 Å². The highest BCUT2D eigenvalue weighted by atomic mass is 16.5. The summed E-state index contributed by atoms with van der Waals surface area (Å²) in [5.74, 6) is 1.63. The minimum atomic E-state index is 0.357. The van der Waals surface area contributed by atoms with Crippen molar-refractivity contribution in [1.82, 2.24) is 20.2 Å². The molecule has 0 aliphatic carbocycles. The molecule has 0 spiro atoms. The molecule has 27 heavy (non-hydrogen) atoms. The zero-order valence-corrected chi connectivity index (χ0v) is 16.9. The summed E-state index contributed by atoms with van der Waals surface area (Å²) < 4.78 is 7.16. The molecule has 0 unspecified atom stereocenters. The number of tetrazole rings is 1. The second-order valence-electron chi connectivity index (χ2n) is 8.01. The van der Waals surface area contributed by atoms with Crippen molar-refractivity contribution in [3.8, 4) is 0 Å². The number of rotatable bonds is 9. The van der Waals surface area contributed by atoms with Gasteiger partial charge in [0, 0.05) is 19.1 Å². The van der Waals surface area contributed by atoms with Gasteiger partial charge in [-0.1, -0.05) is 44.2 Å². The monoisotopic (exact) mass is 374 g/mol. The van der Waals surface area contributed by atoms with Gasteiger partial charge in [0.15, 0.2) is 6.04 Å². The highest BCUT2D eigenvalue weighted by molar-refractivity contribution is 5.13. The molecule has 7 heteroatoms. The third-order valence-corrected chi connectivity index (χ3v) is 5.47. The number of quaternary nitrogens is 2. The molecule has 148 valence electrons. The Morgan fingerprint density at radius 3 is 2.52 bits per heavy atom. The Balaban J connectivity index is 1.64. The molecule has 3 rings (SSSR count). The van der Waals surface area contributed by atoms with Gasteiger partial charge in [0.05, 0.1) is 13.2 Å². The maximum Gasteiger partial charge on any atom is 0.209 e. The van der Waals surface area contributed by atoms with Crippen LogP contribution in [0.2, 0.25) is 0 Å². The van der Waals surface area contributed by atoms with E-state index in [0.29, 0.717) is 25.1 Å². The lowest BCUT2D eigenvalue weighted by molar-refractivity contribution is -1.03. The number of hydrogen-bond donors (Lipinski definition) is 2. The molecule has 0 bridgehead atoms. The van der Waals surface area contributed by atoms with Crippen LogP contribution >= 0.6 is 0 Å². The summed E-state index contributed by atoms with van der Waals surface area (Å²) in [6.45, 7) is 11.8. The first-order valence-electron chi connectivity index (χ1n) is 10.1. The fourth-order valence-electron chi connectivity index (χ4n) is 4.06. The minimum absolute atomic E-state index is 0.357. The highest BCUT2D eigenvalue weighted by Crippen LogP contribution is 2.16. The van der Waals surface area contributed by atoms with Crippen molar-refractivity contribution in [3.05, 3.63) is 41.7 Å². The van der Waals surface area contributed by atoms with Gasteiger partial charge in [-0.3, -0.25) is 0 Å². The Bertz CT molecular complexity index is 666. The molecule has 0 amide bonds. The molecule has 2 N–H and O–H groups in total. The van der Waals surface area contributed by atoms with Gasteiger partial charge in [0.1, 0.15) is 32.7 Å². The zero-order valence-electron chi connectivity index (χ0n) is 16.9. The molecule has 1 aromatic heterocycles. The molecule has 2 aromatic rings. The lowest BCUT2D eigenvalue weighted by Crippen LogP contribution is -3.27. The van der Waals surface area contributed by atoms with Gasteiger partial charge in [0.25, 0.3) is 0 Å². The van der Waals surface area contributed by atoms with E-state index in [4.69, 9.17) is 4.74 Å². The first kappa shape index (κ1) is 19.9. The Kier molecular flexibility index (Phi) is 7.32. The predicted octanol–water partition coefficient (Wildman–Crippen LogP) is -0.610. The summed E-state index contributed by atoms with van der Waals surface area (Å²) >= 11 is 0. The second kappa shape index (κ2) is 9.92. The van der Waals surface area contributed by atoms with Crippen molar-refractivity contribution in [2.75, 3.05) is 39.9 Å². The van der Waals surface area contributed by atoms with Crippen molar-refractivity contribution in [3.63, 3.8) is 0 Å². The topological polar surface area (TPSA) is 61.7 Å². The molecule has 7 nitrogen and oxygen atoms in total. The average molecular weight is 375 g/mol. The second-order valence-corrected chi connectivity index (χ2v) is 8.01. The van der Waals surface area contributed by atoms with E-state index in [1.165, 1.54) is 18.7 Å². The number of hydrogen-bond acceptors (Lipinski definition) is 4. The van der Waals surface area contributed by atoms with E-state index in [1.807, 2.05) is 4.68 Å². The Labute approximate surface area is 162 Å². The summed E-state index contributed by atoms with van der Waals surface area (Å²) in [4.78, 5) is 3.29. The van der Waals surface area contributed by atoms with Crippen molar-refractivity contribution < 1.29 is 14.5 Å². The largest absolute Gasteiger partial charge is 0.383 e. The summed E-state index contributed by atoms with van der Waals surface area (Å²) in [6.07, 6.45) is 1.11. The maximum absolute atomic E-state index is 5.22. The third-order valence-electron chi connectivity index (χ3n) is 5.47. The molecule has 1 atom stereocenters. The van der Waals surface area contributed by atoms with Crippen molar-refractivity contribution in [2.45, 2.75) is 39.4 Å². The summed E-state index contributed by atoms with van der Waals surface area (Å²) in [7, 11) is 1.72. The molecule has 1 saturated heterocycles. The van der Waals surface area contributed by atoms with Crippen LogP contribution in [0.15, 0.2) is 30.3 Å². The van der Waals surface area contributed by atoms with Gasteiger partial charge in [-0.2, -0.15) is 0 Å². The van der Waals surface area contributed by atoms with Crippen LogP contribution in [0, 0.1) is 5.92 Å². The molecule has 1 fully saturated rings. The molecule has 1 aliphatic rings. The Hall–Kier alpha value is -1.83. The minimum Gasteiger partial charge on any atom is -0.383 e. The third kappa shape index (κ3) is 5.57. The first-order chi connectivity index (χ1) is 13.2. The maximum atomic E-state index is 5.22. The molecule has 0 saturated carbocycles. The van der Waals surface area contributed by atoms with Gasteiger partial charge in [0.2, 0.25) is 5.82 Å². The van der Waals surface area contributed by atoms with Crippen LogP contribution in [0.4, 0.5) is 0 Å². The van der Waals surface area contributed by atoms with Crippen LogP contribution in [-0.4, -0.2) is 60.1 Å². The van der Waals surface area contributed by atoms with Crippen LogP contribution in [0.25, 0.3) is 0 Å². The van der Waals surface area contributed by atoms with E-state index >= 15 is 0 Å². The van der Waals surface area contributed by atoms with Gasteiger partial charge < -0.3 is 14.5 Å². The summed E-state index contributed by atoms with van der Waals surface area (Å²) in [5.41, 5.74) is 1.43. The number of benzene rings is 1. The van der Waals surface area contributed by atoms with E-state index in [0.717, 1.165) is 31.9 Å². The van der Waals surface area contributed by atoms with E-state index in [-0.39, 0.29) is 0 Å². The fourth-order valence-corrected chi connectivity index (χ4v) is 4.06. The van der Waals surface area contributed by atoms with Gasteiger partial charge in [-0.05, 0) is 16.3 Å². The predicted molar refractivity (Wildman–Crippen MR) is 103 cm³/mol. The quantitative estimate of drug-likeness (QED) is 0.615. The summed E-state index contributed by atoms with van der Waals surface area (Å²) in [6, 6.07) is 11.2. The number of nitrogens with zero attached hydrogens (tertiary/aromatic N) is 4. The smallest absolute Gasteiger partial charge is 0.209 e. The SMILES string of the molecule is COCCn1nnnc1[C@@H](CC(C)C)[NH+]1CC[NH+](Cc2ccccc2)CC1. The van der Waals surface area contributed by atoms with Crippen LogP contribution < -0.4 is 9.80 Å².